The molecule has 1 aliphatic heterocycles. The normalized spacial score (nSPS) is 20.2. The Morgan fingerprint density at radius 1 is 1.35 bits per heavy atom. The van der Waals surface area contributed by atoms with Crippen LogP contribution in [0.1, 0.15) is 47.0 Å². The average molecular weight is 263 g/mol. The van der Waals surface area contributed by atoms with Crippen LogP contribution in [0.5, 0.6) is 0 Å². The molecule has 1 atom stereocenters. The van der Waals surface area contributed by atoms with Gasteiger partial charge < -0.3 is 10.6 Å². The van der Waals surface area contributed by atoms with Gasteiger partial charge in [0.15, 0.2) is 0 Å². The number of nitrogens with two attached hydrogens (primary N) is 1. The van der Waals surface area contributed by atoms with Crippen molar-refractivity contribution >= 4 is 18.3 Å². The Labute approximate surface area is 112 Å². The molecular weight excluding hydrogens is 236 g/mol. The van der Waals surface area contributed by atoms with Crippen molar-refractivity contribution in [3.63, 3.8) is 0 Å². The molecule has 1 saturated heterocycles. The quantitative estimate of drug-likeness (QED) is 0.846. The van der Waals surface area contributed by atoms with Gasteiger partial charge in [0, 0.05) is 13.1 Å². The number of hydrogen-bond acceptors (Lipinski definition) is 2. The Morgan fingerprint density at radius 3 is 2.24 bits per heavy atom. The van der Waals surface area contributed by atoms with E-state index in [-0.39, 0.29) is 30.3 Å². The molecule has 17 heavy (non-hydrogen) atoms. The number of likely N-dealkylation sites (tertiary alicyclic amines) is 1. The third-order valence-electron chi connectivity index (χ3n) is 4.25. The molecule has 1 fully saturated rings. The number of hydrogen-bond donors (Lipinski definition) is 1. The zero-order valence-corrected chi connectivity index (χ0v) is 12.3. The minimum atomic E-state index is -0.329. The van der Waals surface area contributed by atoms with Crippen molar-refractivity contribution in [2.45, 2.75) is 53.0 Å². The molecule has 102 valence electrons. The summed E-state index contributed by atoms with van der Waals surface area (Å²) in [6.07, 6.45) is 3.45. The van der Waals surface area contributed by atoms with Crippen molar-refractivity contribution in [1.82, 2.24) is 4.90 Å². The van der Waals surface area contributed by atoms with E-state index in [4.69, 9.17) is 5.73 Å². The lowest BCUT2D eigenvalue weighted by Crippen LogP contribution is -2.46. The second kappa shape index (κ2) is 6.60. The SMILES string of the molecule is CCC1(CC)CCN(C(=O)[C@H](N)C(C)C)C1.Cl. The van der Waals surface area contributed by atoms with Crippen LogP contribution in [-0.2, 0) is 4.79 Å². The van der Waals surface area contributed by atoms with E-state index < -0.39 is 0 Å². The zero-order chi connectivity index (χ0) is 12.3. The summed E-state index contributed by atoms with van der Waals surface area (Å²) in [6, 6.07) is -0.329. The van der Waals surface area contributed by atoms with Gasteiger partial charge in [-0.2, -0.15) is 0 Å². The number of carbonyl (C=O) groups is 1. The van der Waals surface area contributed by atoms with E-state index in [0.717, 1.165) is 32.4 Å². The molecular formula is C13H27ClN2O. The van der Waals surface area contributed by atoms with Gasteiger partial charge in [-0.25, -0.2) is 0 Å². The third-order valence-corrected chi connectivity index (χ3v) is 4.25. The molecule has 0 unspecified atom stereocenters. The number of nitrogens with zero attached hydrogens (tertiary/aromatic N) is 1. The molecule has 1 amide bonds. The van der Waals surface area contributed by atoms with Crippen LogP contribution >= 0.6 is 12.4 Å². The molecule has 0 aliphatic carbocycles. The van der Waals surface area contributed by atoms with Crippen LogP contribution in [0.15, 0.2) is 0 Å². The fraction of sp³-hybridized carbons (Fsp3) is 0.923. The lowest BCUT2D eigenvalue weighted by atomic mass is 9.82. The van der Waals surface area contributed by atoms with Crippen LogP contribution in [0.3, 0.4) is 0 Å². The summed E-state index contributed by atoms with van der Waals surface area (Å²) in [6.45, 7) is 10.2. The topological polar surface area (TPSA) is 46.3 Å². The van der Waals surface area contributed by atoms with Crippen LogP contribution < -0.4 is 5.73 Å². The Morgan fingerprint density at radius 2 is 1.88 bits per heavy atom. The lowest BCUT2D eigenvalue weighted by Gasteiger charge is -2.28. The van der Waals surface area contributed by atoms with Gasteiger partial charge in [0.05, 0.1) is 6.04 Å². The predicted octanol–water partition coefficient (Wildman–Crippen LogP) is 2.43. The summed E-state index contributed by atoms with van der Waals surface area (Å²) < 4.78 is 0. The van der Waals surface area contributed by atoms with Crippen molar-refractivity contribution in [1.29, 1.82) is 0 Å². The van der Waals surface area contributed by atoms with Gasteiger partial charge in [-0.1, -0.05) is 27.7 Å². The molecule has 4 heteroatoms. The number of amides is 1. The smallest absolute Gasteiger partial charge is 0.239 e. The van der Waals surface area contributed by atoms with Crippen LogP contribution in [0, 0.1) is 11.3 Å². The van der Waals surface area contributed by atoms with Gasteiger partial charge in [0.2, 0.25) is 5.91 Å². The largest absolute Gasteiger partial charge is 0.341 e. The minimum absolute atomic E-state index is 0. The highest BCUT2D eigenvalue weighted by Gasteiger charge is 2.38. The molecule has 0 aromatic rings. The third kappa shape index (κ3) is 3.59. The highest BCUT2D eigenvalue weighted by molar-refractivity contribution is 5.85. The van der Waals surface area contributed by atoms with Crippen LogP contribution in [0.4, 0.5) is 0 Å². The van der Waals surface area contributed by atoms with E-state index in [0.29, 0.717) is 5.41 Å². The first kappa shape index (κ1) is 16.7. The Kier molecular flexibility index (Phi) is 6.49. The highest BCUT2D eigenvalue weighted by atomic mass is 35.5. The van der Waals surface area contributed by atoms with E-state index in [1.54, 1.807) is 0 Å². The first-order valence-corrected chi connectivity index (χ1v) is 6.50. The molecule has 0 aromatic heterocycles. The molecule has 1 aliphatic rings. The molecule has 1 heterocycles. The van der Waals surface area contributed by atoms with Crippen LogP contribution in [0.25, 0.3) is 0 Å². The Bertz CT molecular complexity index is 252. The van der Waals surface area contributed by atoms with Crippen LogP contribution in [-0.4, -0.2) is 29.9 Å². The van der Waals surface area contributed by atoms with E-state index in [1.807, 2.05) is 18.7 Å². The summed E-state index contributed by atoms with van der Waals surface area (Å²) in [7, 11) is 0. The van der Waals surface area contributed by atoms with E-state index >= 15 is 0 Å². The zero-order valence-electron chi connectivity index (χ0n) is 11.5. The van der Waals surface area contributed by atoms with Gasteiger partial charge in [0.25, 0.3) is 0 Å². The highest BCUT2D eigenvalue weighted by Crippen LogP contribution is 2.37. The minimum Gasteiger partial charge on any atom is -0.341 e. The Balaban J connectivity index is 0.00000256. The van der Waals surface area contributed by atoms with E-state index in [1.165, 1.54) is 0 Å². The number of rotatable bonds is 4. The maximum atomic E-state index is 12.1. The van der Waals surface area contributed by atoms with Gasteiger partial charge >= 0.3 is 0 Å². The fourth-order valence-electron chi connectivity index (χ4n) is 2.45. The lowest BCUT2D eigenvalue weighted by molar-refractivity contribution is -0.132. The molecule has 0 bridgehead atoms. The van der Waals surface area contributed by atoms with Gasteiger partial charge in [-0.15, -0.1) is 12.4 Å². The fourth-order valence-corrected chi connectivity index (χ4v) is 2.45. The molecule has 0 spiro atoms. The van der Waals surface area contributed by atoms with E-state index in [2.05, 4.69) is 13.8 Å². The molecule has 1 rings (SSSR count). The first-order valence-electron chi connectivity index (χ1n) is 6.50. The van der Waals surface area contributed by atoms with Crippen molar-refractivity contribution in [3.05, 3.63) is 0 Å². The maximum Gasteiger partial charge on any atom is 0.239 e. The molecule has 0 radical (unpaired) electrons. The van der Waals surface area contributed by atoms with Gasteiger partial charge in [-0.3, -0.25) is 4.79 Å². The monoisotopic (exact) mass is 262 g/mol. The summed E-state index contributed by atoms with van der Waals surface area (Å²) >= 11 is 0. The standard InChI is InChI=1S/C13H26N2O.ClH/c1-5-13(6-2)7-8-15(9-13)12(16)11(14)10(3)4;/h10-11H,5-9,14H2,1-4H3;1H/t11-;/m1./s1. The van der Waals surface area contributed by atoms with Crippen molar-refractivity contribution in [3.8, 4) is 0 Å². The molecule has 2 N–H and O–H groups in total. The van der Waals surface area contributed by atoms with Crippen molar-refractivity contribution in [2.24, 2.45) is 17.1 Å². The summed E-state index contributed by atoms with van der Waals surface area (Å²) in [4.78, 5) is 14.1. The summed E-state index contributed by atoms with van der Waals surface area (Å²) in [5.41, 5.74) is 6.27. The van der Waals surface area contributed by atoms with E-state index in [9.17, 15) is 4.79 Å². The second-order valence-corrected chi connectivity index (χ2v) is 5.49. The van der Waals surface area contributed by atoms with Crippen LogP contribution in [0.2, 0.25) is 0 Å². The van der Waals surface area contributed by atoms with Gasteiger partial charge in [0.1, 0.15) is 0 Å². The van der Waals surface area contributed by atoms with Crippen molar-refractivity contribution in [2.75, 3.05) is 13.1 Å². The predicted molar refractivity (Wildman–Crippen MR) is 74.3 cm³/mol. The average Bonchev–Trinajstić information content (AvgIpc) is 2.72. The molecule has 3 nitrogen and oxygen atoms in total. The number of halogens is 1. The Hall–Kier alpha value is -0.280. The summed E-state index contributed by atoms with van der Waals surface area (Å²) in [5.74, 6) is 0.365. The van der Waals surface area contributed by atoms with Crippen molar-refractivity contribution < 1.29 is 4.79 Å². The molecule has 0 aromatic carbocycles. The molecule has 0 saturated carbocycles. The summed E-state index contributed by atoms with van der Waals surface area (Å²) in [5, 5.41) is 0. The first-order chi connectivity index (χ1) is 7.45. The number of carbonyl (C=O) groups excluding carboxylic acids is 1. The second-order valence-electron chi connectivity index (χ2n) is 5.49. The maximum absolute atomic E-state index is 12.1. The van der Waals surface area contributed by atoms with Gasteiger partial charge in [-0.05, 0) is 30.6 Å².